The van der Waals surface area contributed by atoms with Crippen molar-refractivity contribution >= 4 is 23.2 Å². The van der Waals surface area contributed by atoms with Crippen molar-refractivity contribution in [1.82, 2.24) is 4.90 Å². The summed E-state index contributed by atoms with van der Waals surface area (Å²) in [5, 5.41) is 10.6. The Morgan fingerprint density at radius 1 is 1.40 bits per heavy atom. The van der Waals surface area contributed by atoms with Gasteiger partial charge in [-0.15, -0.1) is 11.3 Å². The summed E-state index contributed by atoms with van der Waals surface area (Å²) in [6.45, 7) is -0.964. The van der Waals surface area contributed by atoms with Gasteiger partial charge in [0.1, 0.15) is 0 Å². The summed E-state index contributed by atoms with van der Waals surface area (Å²) in [7, 11) is 0. The molecular formula is C12H12F3NO3S. The van der Waals surface area contributed by atoms with Gasteiger partial charge < -0.3 is 10.0 Å². The number of thiophene rings is 1. The molecular weight excluding hydrogens is 295 g/mol. The number of carboxylic acids is 1. The molecule has 0 unspecified atom stereocenters. The number of rotatable bonds is 3. The van der Waals surface area contributed by atoms with Crippen LogP contribution >= 0.6 is 11.3 Å². The SMILES string of the molecule is O=C(O)[C@@H]1CN(C(=O)Cc2cccs2)C[C@H]1C(F)(F)F. The third-order valence-corrected chi connectivity index (χ3v) is 4.19. The molecule has 1 aromatic heterocycles. The van der Waals surface area contributed by atoms with Gasteiger partial charge in [0.25, 0.3) is 0 Å². The second-order valence-corrected chi connectivity index (χ2v) is 5.68. The molecule has 0 aromatic carbocycles. The third kappa shape index (κ3) is 3.12. The fraction of sp³-hybridized carbons (Fsp3) is 0.500. The second kappa shape index (κ2) is 5.43. The van der Waals surface area contributed by atoms with Gasteiger partial charge in [-0.1, -0.05) is 6.07 Å². The van der Waals surface area contributed by atoms with Crippen LogP contribution in [-0.4, -0.2) is 41.1 Å². The van der Waals surface area contributed by atoms with Gasteiger partial charge in [-0.3, -0.25) is 9.59 Å². The summed E-state index contributed by atoms with van der Waals surface area (Å²) < 4.78 is 38.4. The predicted molar refractivity (Wildman–Crippen MR) is 65.3 cm³/mol. The highest BCUT2D eigenvalue weighted by molar-refractivity contribution is 7.10. The van der Waals surface area contributed by atoms with Crippen LogP contribution in [0, 0.1) is 11.8 Å². The maximum Gasteiger partial charge on any atom is 0.394 e. The van der Waals surface area contributed by atoms with E-state index < -0.39 is 36.4 Å². The van der Waals surface area contributed by atoms with Crippen LogP contribution in [0.25, 0.3) is 0 Å². The molecule has 1 aliphatic rings. The first-order valence-corrected chi connectivity index (χ1v) is 6.76. The van der Waals surface area contributed by atoms with E-state index in [1.165, 1.54) is 11.3 Å². The van der Waals surface area contributed by atoms with Crippen LogP contribution in [0.3, 0.4) is 0 Å². The fourth-order valence-corrected chi connectivity index (χ4v) is 2.96. The molecule has 1 aromatic rings. The molecule has 20 heavy (non-hydrogen) atoms. The second-order valence-electron chi connectivity index (χ2n) is 4.65. The molecule has 0 radical (unpaired) electrons. The number of alkyl halides is 3. The van der Waals surface area contributed by atoms with E-state index in [1.54, 1.807) is 17.5 Å². The molecule has 2 heterocycles. The normalized spacial score (nSPS) is 23.1. The summed E-state index contributed by atoms with van der Waals surface area (Å²) in [5.74, 6) is -5.56. The predicted octanol–water partition coefficient (Wildman–Crippen LogP) is 2.01. The first kappa shape index (κ1) is 14.8. The van der Waals surface area contributed by atoms with Crippen LogP contribution in [-0.2, 0) is 16.0 Å². The van der Waals surface area contributed by atoms with Gasteiger partial charge in [0.15, 0.2) is 0 Å². The van der Waals surface area contributed by atoms with E-state index in [0.717, 1.165) is 9.78 Å². The molecule has 2 rings (SSSR count). The largest absolute Gasteiger partial charge is 0.481 e. The van der Waals surface area contributed by atoms with Crippen LogP contribution in [0.2, 0.25) is 0 Å². The maximum atomic E-state index is 12.8. The Hall–Kier alpha value is -1.57. The summed E-state index contributed by atoms with van der Waals surface area (Å²) in [6.07, 6.45) is -4.60. The lowest BCUT2D eigenvalue weighted by Gasteiger charge is -2.18. The van der Waals surface area contributed by atoms with Gasteiger partial charge >= 0.3 is 12.1 Å². The quantitative estimate of drug-likeness (QED) is 0.929. The maximum absolute atomic E-state index is 12.8. The highest BCUT2D eigenvalue weighted by Gasteiger charge is 2.53. The molecule has 4 nitrogen and oxygen atoms in total. The number of carbonyl (C=O) groups is 2. The molecule has 1 fully saturated rings. The van der Waals surface area contributed by atoms with Crippen molar-refractivity contribution in [3.63, 3.8) is 0 Å². The first-order valence-electron chi connectivity index (χ1n) is 5.88. The highest BCUT2D eigenvalue weighted by Crippen LogP contribution is 2.37. The Morgan fingerprint density at radius 2 is 2.10 bits per heavy atom. The molecule has 0 bridgehead atoms. The lowest BCUT2D eigenvalue weighted by molar-refractivity contribution is -0.188. The monoisotopic (exact) mass is 307 g/mol. The summed E-state index contributed by atoms with van der Waals surface area (Å²) in [6, 6.07) is 3.46. The first-order chi connectivity index (χ1) is 9.29. The molecule has 1 N–H and O–H groups in total. The Kier molecular flexibility index (Phi) is 4.03. The van der Waals surface area contributed by atoms with Crippen molar-refractivity contribution < 1.29 is 27.9 Å². The van der Waals surface area contributed by atoms with E-state index in [4.69, 9.17) is 5.11 Å². The smallest absolute Gasteiger partial charge is 0.394 e. The number of hydrogen-bond acceptors (Lipinski definition) is 3. The van der Waals surface area contributed by atoms with Crippen LogP contribution in [0.5, 0.6) is 0 Å². The Bertz CT molecular complexity index is 501. The molecule has 2 atom stereocenters. The molecule has 110 valence electrons. The minimum atomic E-state index is -4.61. The summed E-state index contributed by atoms with van der Waals surface area (Å²) >= 11 is 1.34. The van der Waals surface area contributed by atoms with Crippen LogP contribution in [0.1, 0.15) is 4.88 Å². The number of hydrogen-bond donors (Lipinski definition) is 1. The van der Waals surface area contributed by atoms with Crippen molar-refractivity contribution in [3.05, 3.63) is 22.4 Å². The number of likely N-dealkylation sites (tertiary alicyclic amines) is 1. The molecule has 1 aliphatic heterocycles. The van der Waals surface area contributed by atoms with Crippen LogP contribution < -0.4 is 0 Å². The third-order valence-electron chi connectivity index (χ3n) is 3.32. The Labute approximate surface area is 116 Å². The number of aliphatic carboxylic acids is 1. The molecule has 0 saturated carbocycles. The molecule has 8 heteroatoms. The van der Waals surface area contributed by atoms with Crippen molar-refractivity contribution in [1.29, 1.82) is 0 Å². The van der Waals surface area contributed by atoms with E-state index in [1.807, 2.05) is 0 Å². The van der Waals surface area contributed by atoms with Gasteiger partial charge in [0.2, 0.25) is 5.91 Å². The van der Waals surface area contributed by atoms with Gasteiger partial charge in [-0.2, -0.15) is 13.2 Å². The van der Waals surface area contributed by atoms with E-state index >= 15 is 0 Å². The molecule has 1 saturated heterocycles. The molecule has 1 amide bonds. The minimum Gasteiger partial charge on any atom is -0.481 e. The van der Waals surface area contributed by atoms with Crippen molar-refractivity contribution in [2.45, 2.75) is 12.6 Å². The fourth-order valence-electron chi connectivity index (χ4n) is 2.26. The molecule has 0 aliphatic carbocycles. The Morgan fingerprint density at radius 3 is 2.55 bits per heavy atom. The van der Waals surface area contributed by atoms with Crippen LogP contribution in [0.4, 0.5) is 13.2 Å². The number of nitrogens with zero attached hydrogens (tertiary/aromatic N) is 1. The summed E-state index contributed by atoms with van der Waals surface area (Å²) in [4.78, 5) is 24.6. The zero-order chi connectivity index (χ0) is 14.9. The van der Waals surface area contributed by atoms with E-state index in [2.05, 4.69) is 0 Å². The van der Waals surface area contributed by atoms with E-state index in [9.17, 15) is 22.8 Å². The number of halogens is 3. The number of amides is 1. The molecule has 0 spiro atoms. The van der Waals surface area contributed by atoms with Crippen molar-refractivity contribution in [2.75, 3.05) is 13.1 Å². The lowest BCUT2D eigenvalue weighted by atomic mass is 9.96. The lowest BCUT2D eigenvalue weighted by Crippen LogP contribution is -2.34. The highest BCUT2D eigenvalue weighted by atomic mass is 32.1. The van der Waals surface area contributed by atoms with Crippen molar-refractivity contribution in [2.24, 2.45) is 11.8 Å². The van der Waals surface area contributed by atoms with E-state index in [0.29, 0.717) is 0 Å². The van der Waals surface area contributed by atoms with Gasteiger partial charge in [0, 0.05) is 18.0 Å². The standard InChI is InChI=1S/C12H12F3NO3S/c13-12(14,15)9-6-16(5-8(9)11(18)19)10(17)4-7-2-1-3-20-7/h1-3,8-9H,4-6H2,(H,18,19)/t8-,9-/m1/s1. The Balaban J connectivity index is 2.07. The van der Waals surface area contributed by atoms with Crippen molar-refractivity contribution in [3.8, 4) is 0 Å². The summed E-state index contributed by atoms with van der Waals surface area (Å²) in [5.41, 5.74) is 0. The van der Waals surface area contributed by atoms with Gasteiger partial charge in [0.05, 0.1) is 18.3 Å². The minimum absolute atomic E-state index is 0.00851. The topological polar surface area (TPSA) is 57.6 Å². The van der Waals surface area contributed by atoms with E-state index in [-0.39, 0.29) is 13.0 Å². The number of carboxylic acid groups (broad SMARTS) is 1. The zero-order valence-electron chi connectivity index (χ0n) is 10.3. The van der Waals surface area contributed by atoms with Gasteiger partial charge in [-0.25, -0.2) is 0 Å². The van der Waals surface area contributed by atoms with Gasteiger partial charge in [-0.05, 0) is 11.4 Å². The zero-order valence-corrected chi connectivity index (χ0v) is 11.1. The number of carbonyl (C=O) groups excluding carboxylic acids is 1. The average Bonchev–Trinajstić information content (AvgIpc) is 2.95. The van der Waals surface area contributed by atoms with Crippen LogP contribution in [0.15, 0.2) is 17.5 Å². The average molecular weight is 307 g/mol.